The van der Waals surface area contributed by atoms with Gasteiger partial charge in [0.05, 0.1) is 6.10 Å². The Balaban J connectivity index is 2.21. The monoisotopic (exact) mass is 182 g/mol. The van der Waals surface area contributed by atoms with E-state index in [-0.39, 0.29) is 0 Å². The largest absolute Gasteiger partial charge is 0.378 e. The van der Waals surface area contributed by atoms with E-state index in [2.05, 4.69) is 26.0 Å². The number of unbranched alkanes of at least 4 members (excludes halogenated alkanes) is 2. The molecule has 1 fully saturated rings. The van der Waals surface area contributed by atoms with Crippen LogP contribution < -0.4 is 0 Å². The molecular weight excluding hydrogens is 160 g/mol. The fourth-order valence-electron chi connectivity index (χ4n) is 1.79. The average molecular weight is 182 g/mol. The highest BCUT2D eigenvalue weighted by Gasteiger charge is 2.18. The zero-order valence-corrected chi connectivity index (χ0v) is 8.96. The van der Waals surface area contributed by atoms with E-state index in [9.17, 15) is 0 Å². The number of rotatable bonds is 4. The topological polar surface area (TPSA) is 9.23 Å². The third kappa shape index (κ3) is 3.95. The smallest absolute Gasteiger partial charge is 0.0609 e. The molecule has 1 rings (SSSR count). The Morgan fingerprint density at radius 3 is 3.00 bits per heavy atom. The van der Waals surface area contributed by atoms with Gasteiger partial charge >= 0.3 is 0 Å². The summed E-state index contributed by atoms with van der Waals surface area (Å²) >= 11 is 0. The third-order valence-corrected chi connectivity index (χ3v) is 2.77. The van der Waals surface area contributed by atoms with E-state index in [1.54, 1.807) is 0 Å². The molecule has 1 nitrogen and oxygen atoms in total. The average Bonchev–Trinajstić information content (AvgIpc) is 2.15. The second-order valence-corrected chi connectivity index (χ2v) is 3.95. The minimum absolute atomic E-state index is 0.437. The van der Waals surface area contributed by atoms with Crippen LogP contribution in [0, 0.1) is 5.92 Å². The molecule has 1 aliphatic heterocycles. The first-order chi connectivity index (χ1) is 6.34. The molecule has 0 amide bonds. The van der Waals surface area contributed by atoms with E-state index in [0.717, 1.165) is 6.61 Å². The summed E-state index contributed by atoms with van der Waals surface area (Å²) in [5.74, 6) is 0.672. The molecule has 0 unspecified atom stereocenters. The van der Waals surface area contributed by atoms with Gasteiger partial charge in [0, 0.05) is 12.5 Å². The molecule has 76 valence electrons. The van der Waals surface area contributed by atoms with Gasteiger partial charge < -0.3 is 4.74 Å². The Labute approximate surface area is 82.2 Å². The lowest BCUT2D eigenvalue weighted by molar-refractivity contribution is 0.00142. The highest BCUT2D eigenvalue weighted by Crippen LogP contribution is 2.21. The molecule has 1 heterocycles. The van der Waals surface area contributed by atoms with Gasteiger partial charge in [-0.15, -0.1) is 0 Å². The fraction of sp³-hybridized carbons (Fsp3) is 0.833. The summed E-state index contributed by atoms with van der Waals surface area (Å²) in [5.41, 5.74) is 0. The van der Waals surface area contributed by atoms with Gasteiger partial charge in [-0.2, -0.15) is 0 Å². The highest BCUT2D eigenvalue weighted by molar-refractivity contribution is 4.92. The van der Waals surface area contributed by atoms with Crippen molar-refractivity contribution in [3.8, 4) is 0 Å². The van der Waals surface area contributed by atoms with E-state index in [1.165, 1.54) is 32.1 Å². The van der Waals surface area contributed by atoms with Crippen LogP contribution in [-0.4, -0.2) is 12.7 Å². The van der Waals surface area contributed by atoms with Crippen LogP contribution in [0.15, 0.2) is 12.2 Å². The second-order valence-electron chi connectivity index (χ2n) is 3.95. The predicted octanol–water partition coefficient (Wildman–Crippen LogP) is 3.55. The Bertz CT molecular complexity index is 151. The lowest BCUT2D eigenvalue weighted by Crippen LogP contribution is -2.25. The minimum atomic E-state index is 0.437. The van der Waals surface area contributed by atoms with Gasteiger partial charge in [-0.1, -0.05) is 31.9 Å². The van der Waals surface area contributed by atoms with Crippen molar-refractivity contribution in [3.05, 3.63) is 12.2 Å². The highest BCUT2D eigenvalue weighted by atomic mass is 16.5. The molecule has 0 aromatic carbocycles. The molecular formula is C12H22O. The maximum absolute atomic E-state index is 5.60. The van der Waals surface area contributed by atoms with Gasteiger partial charge in [-0.3, -0.25) is 0 Å². The maximum Gasteiger partial charge on any atom is 0.0609 e. The van der Waals surface area contributed by atoms with Crippen molar-refractivity contribution >= 4 is 0 Å². The van der Waals surface area contributed by atoms with Gasteiger partial charge in [0.2, 0.25) is 0 Å². The lowest BCUT2D eigenvalue weighted by atomic mass is 9.94. The Kier molecular flexibility index (Phi) is 5.14. The molecule has 2 atom stereocenters. The number of allylic oxidation sites excluding steroid dienone is 1. The summed E-state index contributed by atoms with van der Waals surface area (Å²) in [7, 11) is 0. The Hall–Kier alpha value is -0.300. The first-order valence-electron chi connectivity index (χ1n) is 5.63. The van der Waals surface area contributed by atoms with Gasteiger partial charge in [0.25, 0.3) is 0 Å². The lowest BCUT2D eigenvalue weighted by Gasteiger charge is -2.26. The van der Waals surface area contributed by atoms with Crippen LogP contribution in [0.3, 0.4) is 0 Å². The van der Waals surface area contributed by atoms with Crippen molar-refractivity contribution in [2.75, 3.05) is 6.61 Å². The van der Waals surface area contributed by atoms with Gasteiger partial charge in [0.1, 0.15) is 0 Å². The van der Waals surface area contributed by atoms with E-state index < -0.39 is 0 Å². The Morgan fingerprint density at radius 1 is 1.46 bits per heavy atom. The van der Waals surface area contributed by atoms with Crippen LogP contribution in [-0.2, 0) is 4.74 Å². The Morgan fingerprint density at radius 2 is 2.31 bits per heavy atom. The summed E-state index contributed by atoms with van der Waals surface area (Å²) in [6.07, 6.45) is 11.5. The number of hydrogen-bond acceptors (Lipinski definition) is 1. The molecule has 0 N–H and O–H groups in total. The predicted molar refractivity (Wildman–Crippen MR) is 56.8 cm³/mol. The molecule has 13 heavy (non-hydrogen) atoms. The quantitative estimate of drug-likeness (QED) is 0.477. The molecule has 0 radical (unpaired) electrons. The fourth-order valence-corrected chi connectivity index (χ4v) is 1.79. The van der Waals surface area contributed by atoms with E-state index in [0.29, 0.717) is 12.0 Å². The molecule has 0 aliphatic carbocycles. The summed E-state index contributed by atoms with van der Waals surface area (Å²) < 4.78 is 5.60. The molecule has 0 spiro atoms. The van der Waals surface area contributed by atoms with Crippen LogP contribution in [0.2, 0.25) is 0 Å². The first kappa shape index (κ1) is 10.8. The van der Waals surface area contributed by atoms with Crippen LogP contribution in [0.1, 0.15) is 46.0 Å². The van der Waals surface area contributed by atoms with Crippen molar-refractivity contribution in [3.63, 3.8) is 0 Å². The number of hydrogen-bond donors (Lipinski definition) is 0. The van der Waals surface area contributed by atoms with Crippen molar-refractivity contribution in [1.29, 1.82) is 0 Å². The van der Waals surface area contributed by atoms with Crippen molar-refractivity contribution < 1.29 is 4.74 Å². The van der Waals surface area contributed by atoms with E-state index in [4.69, 9.17) is 4.74 Å². The van der Waals surface area contributed by atoms with E-state index in [1.807, 2.05) is 0 Å². The van der Waals surface area contributed by atoms with E-state index >= 15 is 0 Å². The van der Waals surface area contributed by atoms with Crippen LogP contribution in [0.4, 0.5) is 0 Å². The molecule has 1 saturated heterocycles. The molecule has 0 saturated carbocycles. The van der Waals surface area contributed by atoms with Crippen LogP contribution in [0.25, 0.3) is 0 Å². The summed E-state index contributed by atoms with van der Waals surface area (Å²) in [6, 6.07) is 0. The second kappa shape index (κ2) is 6.20. The first-order valence-corrected chi connectivity index (χ1v) is 5.63. The molecule has 0 aromatic rings. The minimum Gasteiger partial charge on any atom is -0.378 e. The van der Waals surface area contributed by atoms with Crippen LogP contribution >= 0.6 is 0 Å². The van der Waals surface area contributed by atoms with Gasteiger partial charge in [-0.05, 0) is 26.2 Å². The number of ether oxygens (including phenoxy) is 1. The zero-order chi connectivity index (χ0) is 9.52. The zero-order valence-electron chi connectivity index (χ0n) is 8.96. The normalized spacial score (nSPS) is 29.7. The van der Waals surface area contributed by atoms with Gasteiger partial charge in [0.15, 0.2) is 0 Å². The standard InChI is InChI=1S/C12H22O/c1-3-4-5-6-8-12-9-7-10-13-11(12)2/h6,8,11-12H,3-5,7,9-10H2,1-2H3/b8-6+/t11-,12+/m1/s1. The maximum atomic E-state index is 5.60. The third-order valence-electron chi connectivity index (χ3n) is 2.77. The SMILES string of the molecule is CCCC/C=C/[C@H]1CCCO[C@@H]1C. The van der Waals surface area contributed by atoms with Crippen molar-refractivity contribution in [2.24, 2.45) is 5.92 Å². The van der Waals surface area contributed by atoms with Crippen molar-refractivity contribution in [1.82, 2.24) is 0 Å². The summed E-state index contributed by atoms with van der Waals surface area (Å²) in [4.78, 5) is 0. The van der Waals surface area contributed by atoms with Crippen LogP contribution in [0.5, 0.6) is 0 Å². The molecule has 1 heteroatoms. The summed E-state index contributed by atoms with van der Waals surface area (Å²) in [5, 5.41) is 0. The van der Waals surface area contributed by atoms with Crippen molar-refractivity contribution in [2.45, 2.75) is 52.1 Å². The summed E-state index contributed by atoms with van der Waals surface area (Å²) in [6.45, 7) is 5.38. The molecule has 0 bridgehead atoms. The molecule has 1 aliphatic rings. The van der Waals surface area contributed by atoms with Gasteiger partial charge in [-0.25, -0.2) is 0 Å². The molecule has 0 aromatic heterocycles.